The Morgan fingerprint density at radius 1 is 0.197 bits per heavy atom. The lowest BCUT2D eigenvalue weighted by molar-refractivity contribution is 1.12. The maximum Gasteiger partial charge on any atom is 0.241 e. The van der Waals surface area contributed by atoms with Gasteiger partial charge in [-0.05, 0) is 143 Å². The predicted octanol–water partition coefficient (Wildman–Crippen LogP) is 14.0. The highest BCUT2D eigenvalue weighted by molar-refractivity contribution is 6.95. The zero-order valence-electron chi connectivity index (χ0n) is 41.3. The van der Waals surface area contributed by atoms with E-state index in [1.807, 2.05) is 109 Å². The molecular formula is C66H48BN9. The van der Waals surface area contributed by atoms with Crippen LogP contribution in [0.5, 0.6) is 0 Å². The molecule has 6 heterocycles. The third-order valence-electron chi connectivity index (χ3n) is 13.4. The van der Waals surface area contributed by atoms with Crippen molar-refractivity contribution in [3.63, 3.8) is 0 Å². The van der Waals surface area contributed by atoms with E-state index in [1.165, 1.54) is 16.4 Å². The molecule has 0 aliphatic rings. The molecule has 0 aliphatic heterocycles. The first-order valence-corrected chi connectivity index (χ1v) is 25.2. The second kappa shape index (κ2) is 21.8. The zero-order chi connectivity index (χ0) is 50.9. The van der Waals surface area contributed by atoms with Crippen LogP contribution in [-0.4, -0.2) is 36.6 Å². The van der Waals surface area contributed by atoms with Crippen molar-refractivity contribution in [3.8, 4) is 33.4 Å². The number of anilines is 9. The van der Waals surface area contributed by atoms with Crippen LogP contribution in [0.4, 0.5) is 52.0 Å². The average molecular weight is 978 g/mol. The normalized spacial score (nSPS) is 10.9. The van der Waals surface area contributed by atoms with Crippen LogP contribution < -0.4 is 31.1 Å². The first kappa shape index (κ1) is 46.7. The SMILES string of the molecule is c1ccc(N(c2ccc(-c3ccc(B(c4ccc(-c5ccc(N(c6ccccn6)c6ccccn6)cc5)cc4)c4ccc(-c5ccc(N(c6ccccn6)c6ccccn6)cc5)cc4)cc3)cc2)c2ccccn2)nc1. The summed E-state index contributed by atoms with van der Waals surface area (Å²) >= 11 is 0. The van der Waals surface area contributed by atoms with Gasteiger partial charge in [-0.25, -0.2) is 29.9 Å². The number of hydrogen-bond acceptors (Lipinski definition) is 9. The van der Waals surface area contributed by atoms with Gasteiger partial charge in [-0.3, -0.25) is 14.7 Å². The molecule has 0 fully saturated rings. The minimum absolute atomic E-state index is 0.0369. The minimum atomic E-state index is -0.0369. The van der Waals surface area contributed by atoms with Gasteiger partial charge in [0.2, 0.25) is 6.71 Å². The molecule has 0 N–H and O–H groups in total. The summed E-state index contributed by atoms with van der Waals surface area (Å²) < 4.78 is 0. The molecule has 0 saturated carbocycles. The first-order chi connectivity index (χ1) is 37.7. The number of pyridine rings is 6. The van der Waals surface area contributed by atoms with Gasteiger partial charge >= 0.3 is 0 Å². The van der Waals surface area contributed by atoms with Gasteiger partial charge in [0.25, 0.3) is 0 Å². The van der Waals surface area contributed by atoms with Gasteiger partial charge in [-0.1, -0.05) is 162 Å². The molecule has 0 aliphatic carbocycles. The van der Waals surface area contributed by atoms with Gasteiger partial charge in [0.05, 0.1) is 0 Å². The van der Waals surface area contributed by atoms with Crippen molar-refractivity contribution in [2.24, 2.45) is 0 Å². The van der Waals surface area contributed by atoms with E-state index in [1.54, 1.807) is 37.2 Å². The zero-order valence-corrected chi connectivity index (χ0v) is 41.3. The van der Waals surface area contributed by atoms with Crippen LogP contribution >= 0.6 is 0 Å². The van der Waals surface area contributed by atoms with E-state index >= 15 is 0 Å². The highest BCUT2D eigenvalue weighted by Crippen LogP contribution is 2.36. The van der Waals surface area contributed by atoms with E-state index in [-0.39, 0.29) is 6.71 Å². The largest absolute Gasteiger partial charge is 0.279 e. The fraction of sp³-hybridized carbons (Fsp3) is 0. The first-order valence-electron chi connectivity index (χ1n) is 25.2. The standard InChI is InChI=1S/C66H48BN9/c1-7-43-68-61(13-1)74(62-14-2-8-44-69-62)58-37-25-52(26-38-58)49-19-31-55(32-20-49)67(56-33-21-50(22-34-56)53-27-39-59(40-28-53)75(63-15-3-9-45-70-63)64-16-4-10-46-71-64)57-35-23-51(24-36-57)54-29-41-60(42-30-54)76(65-17-5-11-47-72-65)66-18-6-12-48-73-66/h1-48H. The summed E-state index contributed by atoms with van der Waals surface area (Å²) in [6.07, 6.45) is 10.8. The van der Waals surface area contributed by atoms with E-state index in [0.29, 0.717) is 0 Å². The smallest absolute Gasteiger partial charge is 0.241 e. The maximum atomic E-state index is 4.66. The summed E-state index contributed by atoms with van der Waals surface area (Å²) in [5, 5.41) is 0. The van der Waals surface area contributed by atoms with Crippen LogP contribution in [0, 0.1) is 0 Å². The number of benzene rings is 6. The average Bonchev–Trinajstić information content (AvgIpc) is 3.50. The quantitative estimate of drug-likeness (QED) is 0.0932. The van der Waals surface area contributed by atoms with Crippen LogP contribution in [-0.2, 0) is 0 Å². The van der Waals surface area contributed by atoms with E-state index in [4.69, 9.17) is 0 Å². The molecule has 12 rings (SSSR count). The van der Waals surface area contributed by atoms with Gasteiger partial charge in [0.1, 0.15) is 34.9 Å². The van der Waals surface area contributed by atoms with Crippen LogP contribution in [0.2, 0.25) is 0 Å². The van der Waals surface area contributed by atoms with Crippen molar-refractivity contribution in [2.75, 3.05) is 14.7 Å². The fourth-order valence-corrected chi connectivity index (χ4v) is 9.65. The lowest BCUT2D eigenvalue weighted by Gasteiger charge is -2.23. The van der Waals surface area contributed by atoms with E-state index < -0.39 is 0 Å². The molecule has 0 radical (unpaired) electrons. The van der Waals surface area contributed by atoms with Crippen LogP contribution in [0.25, 0.3) is 33.4 Å². The summed E-state index contributed by atoms with van der Waals surface area (Å²) in [6, 6.07) is 88.3. The summed E-state index contributed by atoms with van der Waals surface area (Å²) in [6.45, 7) is -0.0369. The van der Waals surface area contributed by atoms with Gasteiger partial charge in [-0.2, -0.15) is 0 Å². The third-order valence-corrected chi connectivity index (χ3v) is 13.4. The van der Waals surface area contributed by atoms with Crippen LogP contribution in [0.3, 0.4) is 0 Å². The second-order valence-corrected chi connectivity index (χ2v) is 18.1. The molecule has 0 unspecified atom stereocenters. The Morgan fingerprint density at radius 2 is 0.382 bits per heavy atom. The molecule has 76 heavy (non-hydrogen) atoms. The Bertz CT molecular complexity index is 3230. The molecular weight excluding hydrogens is 930 g/mol. The maximum absolute atomic E-state index is 4.66. The third kappa shape index (κ3) is 10.1. The number of rotatable bonds is 15. The monoisotopic (exact) mass is 977 g/mol. The lowest BCUT2D eigenvalue weighted by atomic mass is 9.37. The Hall–Kier alpha value is -10.3. The van der Waals surface area contributed by atoms with Crippen molar-refractivity contribution in [1.29, 1.82) is 0 Å². The van der Waals surface area contributed by atoms with Crippen LogP contribution in [0.1, 0.15) is 0 Å². The van der Waals surface area contributed by atoms with E-state index in [0.717, 1.165) is 85.4 Å². The van der Waals surface area contributed by atoms with Crippen molar-refractivity contribution in [2.45, 2.75) is 0 Å². The molecule has 6 aromatic carbocycles. The number of aromatic nitrogens is 6. The second-order valence-electron chi connectivity index (χ2n) is 18.1. The van der Waals surface area contributed by atoms with Gasteiger partial charge < -0.3 is 0 Å². The Morgan fingerprint density at radius 3 is 0.553 bits per heavy atom. The summed E-state index contributed by atoms with van der Waals surface area (Å²) in [7, 11) is 0. The predicted molar refractivity (Wildman–Crippen MR) is 311 cm³/mol. The Balaban J connectivity index is 0.850. The number of nitrogens with zero attached hydrogens (tertiary/aromatic N) is 9. The van der Waals surface area contributed by atoms with Gasteiger partial charge in [0.15, 0.2) is 0 Å². The molecule has 0 atom stereocenters. The van der Waals surface area contributed by atoms with Crippen molar-refractivity contribution in [3.05, 3.63) is 292 Å². The number of hydrogen-bond donors (Lipinski definition) is 0. The highest BCUT2D eigenvalue weighted by Gasteiger charge is 2.23. The van der Waals surface area contributed by atoms with Crippen molar-refractivity contribution in [1.82, 2.24) is 29.9 Å². The minimum Gasteiger partial charge on any atom is -0.279 e. The molecule has 0 spiro atoms. The van der Waals surface area contributed by atoms with E-state index in [2.05, 4.69) is 190 Å². The lowest BCUT2D eigenvalue weighted by Crippen LogP contribution is -2.51. The molecule has 0 bridgehead atoms. The molecule has 9 nitrogen and oxygen atoms in total. The Labute approximate surface area is 442 Å². The molecule has 12 aromatic rings. The molecule has 360 valence electrons. The Kier molecular flexibility index (Phi) is 13.4. The highest BCUT2D eigenvalue weighted by atomic mass is 15.3. The summed E-state index contributed by atoms with van der Waals surface area (Å²) in [5.41, 5.74) is 13.2. The fourth-order valence-electron chi connectivity index (χ4n) is 9.65. The van der Waals surface area contributed by atoms with E-state index in [9.17, 15) is 0 Å². The molecule has 0 amide bonds. The van der Waals surface area contributed by atoms with Crippen molar-refractivity contribution >= 4 is 75.1 Å². The summed E-state index contributed by atoms with van der Waals surface area (Å²) in [4.78, 5) is 34.2. The topological polar surface area (TPSA) is 87.1 Å². The van der Waals surface area contributed by atoms with Gasteiger partial charge in [-0.15, -0.1) is 0 Å². The molecule has 10 heteroatoms. The summed E-state index contributed by atoms with van der Waals surface area (Å²) in [5.74, 6) is 4.81. The molecule has 6 aromatic heterocycles. The van der Waals surface area contributed by atoms with Crippen molar-refractivity contribution < 1.29 is 0 Å². The molecule has 0 saturated heterocycles. The van der Waals surface area contributed by atoms with Crippen LogP contribution in [0.15, 0.2) is 292 Å². The van der Waals surface area contributed by atoms with Gasteiger partial charge in [0, 0.05) is 54.2 Å².